The van der Waals surface area contributed by atoms with Crippen LogP contribution in [0.2, 0.25) is 45.3 Å². The second kappa shape index (κ2) is 7.84. The molecule has 146 valence electrons. The highest BCUT2D eigenvalue weighted by atomic mass is 28.4. The molecule has 0 heterocycles. The lowest BCUT2D eigenvalue weighted by molar-refractivity contribution is -0.193. The molecule has 0 bridgehead atoms. The summed E-state index contributed by atoms with van der Waals surface area (Å²) in [5, 5.41) is 11.2. The van der Waals surface area contributed by atoms with Crippen molar-refractivity contribution in [2.75, 3.05) is 13.4 Å². The van der Waals surface area contributed by atoms with E-state index in [4.69, 9.17) is 13.9 Å². The SMILES string of the molecule is C[C@@]1(O)[C@@H](OCOCC[Si](C)(C)C)CC[C@@H]2C=C(O[Si](C)(C)C)C[C@H]21. The molecule has 25 heavy (non-hydrogen) atoms. The number of allylic oxidation sites excluding steroid dienone is 2. The van der Waals surface area contributed by atoms with Crippen molar-refractivity contribution in [1.29, 1.82) is 0 Å². The fraction of sp³-hybridized carbons (Fsp3) is 0.895. The number of aliphatic hydroxyl groups is 1. The second-order valence-electron chi connectivity index (χ2n) is 10.1. The lowest BCUT2D eigenvalue weighted by Crippen LogP contribution is -2.52. The molecule has 2 aliphatic carbocycles. The summed E-state index contributed by atoms with van der Waals surface area (Å²) in [7, 11) is -2.66. The predicted molar refractivity (Wildman–Crippen MR) is 108 cm³/mol. The van der Waals surface area contributed by atoms with E-state index in [1.807, 2.05) is 6.92 Å². The molecule has 2 rings (SSSR count). The Bertz CT molecular complexity index is 477. The standard InChI is InChI=1S/C19H38O4Si2/c1-19(20)17-13-16(23-25(5,6)7)12-15(17)8-9-18(19)22-14-21-10-11-24(2,3)4/h12,15,17-18,20H,8-11,13-14H2,1-7H3/t15-,17-,18+,19+/m1/s1. The topological polar surface area (TPSA) is 47.9 Å². The Morgan fingerprint density at radius 2 is 1.84 bits per heavy atom. The van der Waals surface area contributed by atoms with Crippen LogP contribution in [0.25, 0.3) is 0 Å². The maximum atomic E-state index is 11.2. The van der Waals surface area contributed by atoms with Crippen molar-refractivity contribution in [3.8, 4) is 0 Å². The minimum absolute atomic E-state index is 0.153. The van der Waals surface area contributed by atoms with Crippen molar-refractivity contribution in [2.45, 2.75) is 83.2 Å². The second-order valence-corrected chi connectivity index (χ2v) is 20.2. The van der Waals surface area contributed by atoms with Crippen LogP contribution in [0, 0.1) is 11.8 Å². The molecule has 0 unspecified atom stereocenters. The van der Waals surface area contributed by atoms with Gasteiger partial charge in [0.15, 0.2) is 0 Å². The van der Waals surface area contributed by atoms with E-state index < -0.39 is 22.0 Å². The molecule has 1 N–H and O–H groups in total. The van der Waals surface area contributed by atoms with Crippen molar-refractivity contribution >= 4 is 16.4 Å². The zero-order chi connectivity index (χ0) is 18.9. The van der Waals surface area contributed by atoms with Crippen molar-refractivity contribution < 1.29 is 19.0 Å². The van der Waals surface area contributed by atoms with Gasteiger partial charge in [-0.25, -0.2) is 0 Å². The van der Waals surface area contributed by atoms with E-state index in [0.29, 0.717) is 5.92 Å². The predicted octanol–water partition coefficient (Wildman–Crippen LogP) is 4.60. The summed E-state index contributed by atoms with van der Waals surface area (Å²) in [5.41, 5.74) is -0.827. The Kier molecular flexibility index (Phi) is 6.64. The lowest BCUT2D eigenvalue weighted by atomic mass is 9.69. The third-order valence-corrected chi connectivity index (χ3v) is 7.87. The third-order valence-electron chi connectivity index (χ3n) is 5.29. The van der Waals surface area contributed by atoms with Gasteiger partial charge in [0.1, 0.15) is 6.79 Å². The Morgan fingerprint density at radius 1 is 1.16 bits per heavy atom. The van der Waals surface area contributed by atoms with Crippen molar-refractivity contribution in [3.63, 3.8) is 0 Å². The van der Waals surface area contributed by atoms with Gasteiger partial charge in [-0.05, 0) is 57.4 Å². The Balaban J connectivity index is 1.83. The smallest absolute Gasteiger partial charge is 0.241 e. The van der Waals surface area contributed by atoms with Gasteiger partial charge in [0, 0.05) is 27.0 Å². The minimum atomic E-state index is -1.59. The number of hydrogen-bond acceptors (Lipinski definition) is 4. The molecule has 1 fully saturated rings. The van der Waals surface area contributed by atoms with Crippen LogP contribution in [0.4, 0.5) is 0 Å². The summed E-state index contributed by atoms with van der Waals surface area (Å²) in [4.78, 5) is 0. The molecule has 0 radical (unpaired) electrons. The average Bonchev–Trinajstić information content (AvgIpc) is 2.81. The first-order valence-electron chi connectivity index (χ1n) is 9.70. The van der Waals surface area contributed by atoms with E-state index in [1.165, 1.54) is 0 Å². The largest absolute Gasteiger partial charge is 0.548 e. The highest BCUT2D eigenvalue weighted by molar-refractivity contribution is 6.76. The van der Waals surface area contributed by atoms with Gasteiger partial charge in [-0.1, -0.05) is 19.6 Å². The summed E-state index contributed by atoms with van der Waals surface area (Å²) >= 11 is 0. The van der Waals surface area contributed by atoms with Crippen molar-refractivity contribution in [1.82, 2.24) is 0 Å². The number of ether oxygens (including phenoxy) is 2. The Morgan fingerprint density at radius 3 is 2.44 bits per heavy atom. The van der Waals surface area contributed by atoms with Gasteiger partial charge in [-0.15, -0.1) is 0 Å². The first-order valence-corrected chi connectivity index (χ1v) is 16.8. The fourth-order valence-corrected chi connectivity index (χ4v) is 5.57. The van der Waals surface area contributed by atoms with Gasteiger partial charge < -0.3 is 19.0 Å². The molecule has 0 saturated heterocycles. The van der Waals surface area contributed by atoms with Gasteiger partial charge in [-0.2, -0.15) is 0 Å². The summed E-state index contributed by atoms with van der Waals surface area (Å²) in [6, 6.07) is 1.14. The molecule has 1 saturated carbocycles. The van der Waals surface area contributed by atoms with Crippen molar-refractivity contribution in [2.24, 2.45) is 11.8 Å². The van der Waals surface area contributed by atoms with Gasteiger partial charge >= 0.3 is 0 Å². The summed E-state index contributed by atoms with van der Waals surface area (Å²) in [5.74, 6) is 1.69. The molecule has 2 aliphatic rings. The van der Waals surface area contributed by atoms with Crippen molar-refractivity contribution in [3.05, 3.63) is 11.8 Å². The first-order chi connectivity index (χ1) is 11.4. The minimum Gasteiger partial charge on any atom is -0.548 e. The summed E-state index contributed by atoms with van der Waals surface area (Å²) in [6.45, 7) is 16.6. The molecule has 4 nitrogen and oxygen atoms in total. The highest BCUT2D eigenvalue weighted by Crippen LogP contribution is 2.48. The van der Waals surface area contributed by atoms with E-state index in [2.05, 4.69) is 45.4 Å². The maximum Gasteiger partial charge on any atom is 0.241 e. The number of rotatable bonds is 8. The maximum absolute atomic E-state index is 11.2. The lowest BCUT2D eigenvalue weighted by Gasteiger charge is -2.44. The fourth-order valence-electron chi connectivity index (χ4n) is 3.88. The summed E-state index contributed by atoms with van der Waals surface area (Å²) < 4.78 is 17.8. The number of fused-ring (bicyclic) bond motifs is 1. The Hall–Kier alpha value is -0.146. The van der Waals surface area contributed by atoms with E-state index in [0.717, 1.165) is 37.7 Å². The molecule has 0 spiro atoms. The first kappa shape index (κ1) is 21.2. The molecular formula is C19H38O4Si2. The van der Waals surface area contributed by atoms with Crippen LogP contribution < -0.4 is 0 Å². The molecule has 0 aromatic heterocycles. The van der Waals surface area contributed by atoms with Crippen LogP contribution in [0.3, 0.4) is 0 Å². The molecular weight excluding hydrogens is 348 g/mol. The molecule has 4 atom stereocenters. The molecule has 6 heteroatoms. The van der Waals surface area contributed by atoms with Crippen LogP contribution >= 0.6 is 0 Å². The monoisotopic (exact) mass is 386 g/mol. The van der Waals surface area contributed by atoms with Crippen LogP contribution in [0.15, 0.2) is 11.8 Å². The van der Waals surface area contributed by atoms with Gasteiger partial charge in [0.2, 0.25) is 8.32 Å². The van der Waals surface area contributed by atoms with E-state index >= 15 is 0 Å². The van der Waals surface area contributed by atoms with Gasteiger partial charge in [-0.3, -0.25) is 0 Å². The zero-order valence-electron chi connectivity index (χ0n) is 17.2. The molecule has 0 aromatic rings. The summed E-state index contributed by atoms with van der Waals surface area (Å²) in [6.07, 6.45) is 4.87. The molecule has 0 amide bonds. The van der Waals surface area contributed by atoms with E-state index in [1.54, 1.807) is 0 Å². The molecule has 0 aliphatic heterocycles. The van der Waals surface area contributed by atoms with Crippen LogP contribution in [0.5, 0.6) is 0 Å². The third kappa shape index (κ3) is 6.20. The van der Waals surface area contributed by atoms with Gasteiger partial charge in [0.05, 0.1) is 17.5 Å². The van der Waals surface area contributed by atoms with E-state index in [-0.39, 0.29) is 18.8 Å². The zero-order valence-corrected chi connectivity index (χ0v) is 19.2. The number of hydrogen-bond donors (Lipinski definition) is 1. The highest BCUT2D eigenvalue weighted by Gasteiger charge is 2.50. The van der Waals surface area contributed by atoms with Crippen LogP contribution in [-0.2, 0) is 13.9 Å². The quantitative estimate of drug-likeness (QED) is 0.376. The normalized spacial score (nSPS) is 33.1. The van der Waals surface area contributed by atoms with E-state index in [9.17, 15) is 5.11 Å². The van der Waals surface area contributed by atoms with Gasteiger partial charge in [0.25, 0.3) is 0 Å². The molecule has 0 aromatic carbocycles. The van der Waals surface area contributed by atoms with Crippen LogP contribution in [0.1, 0.15) is 26.2 Å². The Labute approximate surface area is 156 Å². The van der Waals surface area contributed by atoms with Crippen LogP contribution in [-0.4, -0.2) is 46.6 Å². The average molecular weight is 387 g/mol.